The molecule has 0 spiro atoms. The average molecular weight is 260 g/mol. The molecule has 1 aromatic rings. The van der Waals surface area contributed by atoms with Gasteiger partial charge in [0.05, 0.1) is 6.04 Å². The van der Waals surface area contributed by atoms with E-state index in [4.69, 9.17) is 4.99 Å². The van der Waals surface area contributed by atoms with Gasteiger partial charge in [0, 0.05) is 11.3 Å². The van der Waals surface area contributed by atoms with E-state index in [0.717, 1.165) is 18.0 Å². The molecular formula is C15H20N2S. The Morgan fingerprint density at radius 2 is 1.89 bits per heavy atom. The molecule has 18 heavy (non-hydrogen) atoms. The van der Waals surface area contributed by atoms with Crippen molar-refractivity contribution in [3.8, 4) is 0 Å². The van der Waals surface area contributed by atoms with E-state index < -0.39 is 0 Å². The highest BCUT2D eigenvalue weighted by molar-refractivity contribution is 8.13. The lowest BCUT2D eigenvalue weighted by molar-refractivity contribution is 0.445. The summed E-state index contributed by atoms with van der Waals surface area (Å²) >= 11 is 1.87. The summed E-state index contributed by atoms with van der Waals surface area (Å²) in [6.45, 7) is 4.51. The van der Waals surface area contributed by atoms with Gasteiger partial charge in [-0.2, -0.15) is 0 Å². The minimum Gasteiger partial charge on any atom is -0.360 e. The molecule has 2 aliphatic rings. The number of aliphatic imine (C=N–C) groups is 1. The first kappa shape index (κ1) is 12.1. The molecule has 96 valence electrons. The molecule has 0 aromatic heterocycles. The molecule has 2 nitrogen and oxygen atoms in total. The molecule has 0 amide bonds. The number of hydrogen-bond donors (Lipinski definition) is 1. The van der Waals surface area contributed by atoms with E-state index in [0.29, 0.717) is 6.04 Å². The van der Waals surface area contributed by atoms with Crippen molar-refractivity contribution in [3.05, 3.63) is 35.4 Å². The van der Waals surface area contributed by atoms with Crippen LogP contribution < -0.4 is 5.32 Å². The Hall–Kier alpha value is -0.960. The zero-order valence-electron chi connectivity index (χ0n) is 11.1. The SMILES string of the molecule is CC1(C)CCSC(=NC2Cc3ccccc3C2)N1. The number of amidine groups is 1. The maximum Gasteiger partial charge on any atom is 0.157 e. The van der Waals surface area contributed by atoms with Gasteiger partial charge in [0.2, 0.25) is 0 Å². The fourth-order valence-corrected chi connectivity index (χ4v) is 4.03. The van der Waals surface area contributed by atoms with Gasteiger partial charge in [-0.15, -0.1) is 0 Å². The van der Waals surface area contributed by atoms with Crippen LogP contribution in [0.1, 0.15) is 31.4 Å². The monoisotopic (exact) mass is 260 g/mol. The van der Waals surface area contributed by atoms with Gasteiger partial charge < -0.3 is 5.32 Å². The van der Waals surface area contributed by atoms with Gasteiger partial charge in [-0.05, 0) is 44.2 Å². The number of thioether (sulfide) groups is 1. The van der Waals surface area contributed by atoms with Crippen molar-refractivity contribution in [3.63, 3.8) is 0 Å². The normalized spacial score (nSPS) is 24.9. The molecule has 0 radical (unpaired) electrons. The summed E-state index contributed by atoms with van der Waals surface area (Å²) in [4.78, 5) is 4.91. The van der Waals surface area contributed by atoms with Crippen molar-refractivity contribution < 1.29 is 0 Å². The zero-order valence-corrected chi connectivity index (χ0v) is 11.9. The maximum atomic E-state index is 4.91. The topological polar surface area (TPSA) is 24.4 Å². The summed E-state index contributed by atoms with van der Waals surface area (Å²) < 4.78 is 0. The summed E-state index contributed by atoms with van der Waals surface area (Å²) in [6, 6.07) is 9.17. The maximum absolute atomic E-state index is 4.91. The third-order valence-electron chi connectivity index (χ3n) is 3.74. The van der Waals surface area contributed by atoms with Crippen LogP contribution in [0.15, 0.2) is 29.3 Å². The van der Waals surface area contributed by atoms with Gasteiger partial charge in [0.15, 0.2) is 5.17 Å². The molecule has 1 aliphatic heterocycles. The molecule has 3 heteroatoms. The molecule has 1 saturated heterocycles. The summed E-state index contributed by atoms with van der Waals surface area (Å²) in [5.74, 6) is 1.18. The van der Waals surface area contributed by atoms with Gasteiger partial charge in [-0.3, -0.25) is 4.99 Å². The highest BCUT2D eigenvalue weighted by atomic mass is 32.2. The summed E-state index contributed by atoms with van der Waals surface area (Å²) in [5.41, 5.74) is 3.16. The number of hydrogen-bond acceptors (Lipinski definition) is 2. The van der Waals surface area contributed by atoms with Crippen molar-refractivity contribution in [2.75, 3.05) is 5.75 Å². The Morgan fingerprint density at radius 3 is 2.50 bits per heavy atom. The minimum absolute atomic E-state index is 0.204. The van der Waals surface area contributed by atoms with Crippen LogP contribution in [-0.2, 0) is 12.8 Å². The van der Waals surface area contributed by atoms with Crippen LogP contribution in [0.25, 0.3) is 0 Å². The van der Waals surface area contributed by atoms with Crippen molar-refractivity contribution in [2.24, 2.45) is 4.99 Å². The second kappa shape index (κ2) is 4.61. The van der Waals surface area contributed by atoms with Gasteiger partial charge in [0.25, 0.3) is 0 Å². The third kappa shape index (κ3) is 2.56. The van der Waals surface area contributed by atoms with E-state index >= 15 is 0 Å². The van der Waals surface area contributed by atoms with Crippen molar-refractivity contribution in [1.29, 1.82) is 0 Å². The quantitative estimate of drug-likeness (QED) is 0.839. The summed E-state index contributed by atoms with van der Waals surface area (Å²) in [7, 11) is 0. The van der Waals surface area contributed by atoms with E-state index in [1.54, 1.807) is 0 Å². The van der Waals surface area contributed by atoms with Crippen LogP contribution in [-0.4, -0.2) is 22.5 Å². The molecule has 0 saturated carbocycles. The highest BCUT2D eigenvalue weighted by Gasteiger charge is 2.26. The van der Waals surface area contributed by atoms with Gasteiger partial charge >= 0.3 is 0 Å². The second-order valence-corrected chi connectivity index (χ2v) is 6.96. The van der Waals surface area contributed by atoms with Crippen molar-refractivity contribution in [2.45, 2.75) is 44.7 Å². The smallest absolute Gasteiger partial charge is 0.157 e. The van der Waals surface area contributed by atoms with E-state index in [-0.39, 0.29) is 5.54 Å². The molecule has 1 aromatic carbocycles. The van der Waals surface area contributed by atoms with Crippen LogP contribution in [0.4, 0.5) is 0 Å². The fourth-order valence-electron chi connectivity index (χ4n) is 2.65. The molecule has 1 heterocycles. The number of nitrogens with one attached hydrogen (secondary N) is 1. The van der Waals surface area contributed by atoms with Gasteiger partial charge in [0.1, 0.15) is 0 Å². The highest BCUT2D eigenvalue weighted by Crippen LogP contribution is 2.27. The lowest BCUT2D eigenvalue weighted by Crippen LogP contribution is -2.46. The number of rotatable bonds is 1. The number of nitrogens with zero attached hydrogens (tertiary/aromatic N) is 1. The molecule has 0 unspecified atom stereocenters. The van der Waals surface area contributed by atoms with Crippen LogP contribution in [0.3, 0.4) is 0 Å². The Balaban J connectivity index is 1.72. The Morgan fingerprint density at radius 1 is 1.22 bits per heavy atom. The minimum atomic E-state index is 0.204. The Labute approximate surface area is 113 Å². The Kier molecular flexibility index (Phi) is 3.10. The standard InChI is InChI=1S/C15H20N2S/c1-15(2)7-8-18-14(17-15)16-13-9-11-5-3-4-6-12(11)10-13/h3-6,13H,7-10H2,1-2H3,(H,16,17). The molecule has 1 N–H and O–H groups in total. The lowest BCUT2D eigenvalue weighted by atomic mass is 10.0. The first-order chi connectivity index (χ1) is 8.62. The largest absolute Gasteiger partial charge is 0.360 e. The van der Waals surface area contributed by atoms with Crippen molar-refractivity contribution in [1.82, 2.24) is 5.32 Å². The number of fused-ring (bicyclic) bond motifs is 1. The molecular weight excluding hydrogens is 240 g/mol. The predicted octanol–water partition coefficient (Wildman–Crippen LogP) is 3.01. The van der Waals surface area contributed by atoms with Gasteiger partial charge in [-0.25, -0.2) is 0 Å². The molecule has 3 rings (SSSR count). The summed E-state index contributed by atoms with van der Waals surface area (Å²) in [5, 5.41) is 4.70. The molecule has 0 bridgehead atoms. The predicted molar refractivity (Wildman–Crippen MR) is 79.4 cm³/mol. The Bertz CT molecular complexity index is 454. The first-order valence-corrected chi connectivity index (χ1v) is 7.66. The van der Waals surface area contributed by atoms with E-state index in [1.807, 2.05) is 11.8 Å². The van der Waals surface area contributed by atoms with Gasteiger partial charge in [-0.1, -0.05) is 36.0 Å². The molecule has 1 fully saturated rings. The first-order valence-electron chi connectivity index (χ1n) is 6.68. The molecule has 0 atom stereocenters. The van der Waals surface area contributed by atoms with E-state index in [9.17, 15) is 0 Å². The number of benzene rings is 1. The average Bonchev–Trinajstić information content (AvgIpc) is 2.69. The van der Waals surface area contributed by atoms with Crippen LogP contribution in [0, 0.1) is 0 Å². The van der Waals surface area contributed by atoms with Crippen LogP contribution in [0.5, 0.6) is 0 Å². The molecule has 1 aliphatic carbocycles. The van der Waals surface area contributed by atoms with E-state index in [1.165, 1.54) is 23.3 Å². The van der Waals surface area contributed by atoms with Crippen molar-refractivity contribution >= 4 is 16.9 Å². The second-order valence-electron chi connectivity index (χ2n) is 5.87. The third-order valence-corrected chi connectivity index (χ3v) is 4.63. The van der Waals surface area contributed by atoms with Crippen LogP contribution in [0.2, 0.25) is 0 Å². The van der Waals surface area contributed by atoms with Crippen LogP contribution >= 0.6 is 11.8 Å². The fraction of sp³-hybridized carbons (Fsp3) is 0.533. The lowest BCUT2D eigenvalue weighted by Gasteiger charge is -2.32. The summed E-state index contributed by atoms with van der Waals surface area (Å²) in [6.07, 6.45) is 3.41. The zero-order chi connectivity index (χ0) is 12.6. The van der Waals surface area contributed by atoms with E-state index in [2.05, 4.69) is 43.4 Å².